The summed E-state index contributed by atoms with van der Waals surface area (Å²) in [6.07, 6.45) is 3.90. The van der Waals surface area contributed by atoms with E-state index in [0.717, 1.165) is 16.0 Å². The van der Waals surface area contributed by atoms with E-state index in [1.54, 1.807) is 0 Å². The van der Waals surface area contributed by atoms with Gasteiger partial charge in [0.05, 0.1) is 0 Å². The molecule has 0 aliphatic heterocycles. The zero-order chi connectivity index (χ0) is 12.1. The van der Waals surface area contributed by atoms with Gasteiger partial charge in [0, 0.05) is 5.69 Å². The Balaban J connectivity index is 2.26. The largest absolute Gasteiger partial charge is 0.324 e. The summed E-state index contributed by atoms with van der Waals surface area (Å²) < 4.78 is 0. The van der Waals surface area contributed by atoms with Gasteiger partial charge in [0.2, 0.25) is 5.95 Å². The Morgan fingerprint density at radius 1 is 0.882 bits per heavy atom. The highest BCUT2D eigenvalue weighted by Crippen LogP contribution is 2.19. The second-order valence-electron chi connectivity index (χ2n) is 3.12. The highest BCUT2D eigenvalue weighted by atomic mass is 32.2. The van der Waals surface area contributed by atoms with E-state index in [2.05, 4.69) is 20.3 Å². The third kappa shape index (κ3) is 3.34. The predicted molar refractivity (Wildman–Crippen MR) is 73.1 cm³/mol. The van der Waals surface area contributed by atoms with Crippen LogP contribution in [0.5, 0.6) is 0 Å². The highest BCUT2D eigenvalue weighted by Gasteiger charge is 2.05. The van der Waals surface area contributed by atoms with Crippen molar-refractivity contribution in [2.45, 2.75) is 10.3 Å². The molecule has 0 fully saturated rings. The molecule has 1 N–H and O–H groups in total. The molecule has 2 rings (SSSR count). The van der Waals surface area contributed by atoms with Crippen molar-refractivity contribution in [3.05, 3.63) is 30.3 Å². The Hall–Kier alpha value is -1.27. The molecule has 17 heavy (non-hydrogen) atoms. The van der Waals surface area contributed by atoms with Crippen molar-refractivity contribution < 1.29 is 0 Å². The van der Waals surface area contributed by atoms with Crippen LogP contribution in [0.25, 0.3) is 0 Å². The molecule has 1 aromatic carbocycles. The maximum absolute atomic E-state index is 4.31. The van der Waals surface area contributed by atoms with E-state index < -0.39 is 0 Å². The fourth-order valence-electron chi connectivity index (χ4n) is 1.23. The van der Waals surface area contributed by atoms with Crippen LogP contribution in [0.4, 0.5) is 11.6 Å². The van der Waals surface area contributed by atoms with E-state index >= 15 is 0 Å². The van der Waals surface area contributed by atoms with Gasteiger partial charge in [-0.3, -0.25) is 0 Å². The van der Waals surface area contributed by atoms with Gasteiger partial charge in [0.1, 0.15) is 0 Å². The number of aromatic nitrogens is 3. The molecule has 0 radical (unpaired) electrons. The van der Waals surface area contributed by atoms with E-state index in [1.807, 2.05) is 42.8 Å². The summed E-state index contributed by atoms with van der Waals surface area (Å²) >= 11 is 3.02. The molecule has 0 bridgehead atoms. The van der Waals surface area contributed by atoms with Crippen molar-refractivity contribution in [2.75, 3.05) is 17.8 Å². The minimum atomic E-state index is 0.583. The molecule has 0 unspecified atom stereocenters. The first-order valence-corrected chi connectivity index (χ1v) is 7.43. The Kier molecular flexibility index (Phi) is 4.22. The number of thioether (sulfide) groups is 2. The summed E-state index contributed by atoms with van der Waals surface area (Å²) in [4.78, 5) is 12.9. The first-order chi connectivity index (χ1) is 8.31. The van der Waals surface area contributed by atoms with Crippen LogP contribution in [-0.2, 0) is 0 Å². The molecular weight excluding hydrogens is 252 g/mol. The first-order valence-electron chi connectivity index (χ1n) is 4.98. The maximum atomic E-state index is 4.31. The molecular formula is C11H12N4S2. The molecule has 0 atom stereocenters. The van der Waals surface area contributed by atoms with E-state index in [4.69, 9.17) is 0 Å². The van der Waals surface area contributed by atoms with Crippen molar-refractivity contribution in [2.24, 2.45) is 0 Å². The van der Waals surface area contributed by atoms with Crippen molar-refractivity contribution in [3.8, 4) is 0 Å². The number of benzene rings is 1. The van der Waals surface area contributed by atoms with Gasteiger partial charge < -0.3 is 5.32 Å². The lowest BCUT2D eigenvalue weighted by Crippen LogP contribution is -2.01. The number of nitrogens with one attached hydrogen (secondary N) is 1. The minimum Gasteiger partial charge on any atom is -0.324 e. The summed E-state index contributed by atoms with van der Waals surface area (Å²) in [6.45, 7) is 0. The van der Waals surface area contributed by atoms with Gasteiger partial charge >= 0.3 is 0 Å². The molecule has 1 heterocycles. The highest BCUT2D eigenvalue weighted by molar-refractivity contribution is 7.99. The molecule has 0 spiro atoms. The van der Waals surface area contributed by atoms with Gasteiger partial charge in [0.25, 0.3) is 0 Å². The molecule has 2 aromatic rings. The lowest BCUT2D eigenvalue weighted by Gasteiger charge is -2.06. The standard InChI is InChI=1S/C11H12N4S2/c1-16-10-13-9(14-11(15-10)17-2)12-8-6-4-3-5-7-8/h3-7H,1-2H3,(H,12,13,14,15). The van der Waals surface area contributed by atoms with E-state index in [1.165, 1.54) is 23.5 Å². The summed E-state index contributed by atoms with van der Waals surface area (Å²) in [5, 5.41) is 4.61. The second kappa shape index (κ2) is 5.88. The quantitative estimate of drug-likeness (QED) is 0.857. The normalized spacial score (nSPS) is 10.2. The van der Waals surface area contributed by atoms with Gasteiger partial charge in [-0.1, -0.05) is 41.7 Å². The summed E-state index contributed by atoms with van der Waals surface area (Å²) in [7, 11) is 0. The van der Waals surface area contributed by atoms with Crippen molar-refractivity contribution >= 4 is 35.2 Å². The lowest BCUT2D eigenvalue weighted by atomic mass is 10.3. The molecule has 1 aromatic heterocycles. The van der Waals surface area contributed by atoms with Crippen LogP contribution in [0, 0.1) is 0 Å². The molecule has 4 nitrogen and oxygen atoms in total. The predicted octanol–water partition coefficient (Wildman–Crippen LogP) is 3.06. The molecule has 0 aliphatic carbocycles. The smallest absolute Gasteiger partial charge is 0.232 e. The van der Waals surface area contributed by atoms with Crippen LogP contribution in [0.3, 0.4) is 0 Å². The van der Waals surface area contributed by atoms with Crippen LogP contribution in [0.15, 0.2) is 40.6 Å². The third-order valence-electron chi connectivity index (χ3n) is 1.99. The number of rotatable bonds is 4. The molecule has 0 amide bonds. The number of nitrogens with zero attached hydrogens (tertiary/aromatic N) is 3. The van der Waals surface area contributed by atoms with E-state index in [9.17, 15) is 0 Å². The topological polar surface area (TPSA) is 50.7 Å². The Morgan fingerprint density at radius 2 is 1.47 bits per heavy atom. The molecule has 88 valence electrons. The van der Waals surface area contributed by atoms with Crippen LogP contribution < -0.4 is 5.32 Å². The SMILES string of the molecule is CSc1nc(Nc2ccccc2)nc(SC)n1. The monoisotopic (exact) mass is 264 g/mol. The average Bonchev–Trinajstić information content (AvgIpc) is 2.39. The van der Waals surface area contributed by atoms with Crippen molar-refractivity contribution in [1.82, 2.24) is 15.0 Å². The van der Waals surface area contributed by atoms with E-state index in [-0.39, 0.29) is 0 Å². The Bertz CT molecular complexity index is 468. The first kappa shape index (κ1) is 12.2. The zero-order valence-corrected chi connectivity index (χ0v) is 11.2. The Labute approximate surface area is 109 Å². The number of hydrogen-bond acceptors (Lipinski definition) is 6. The fourth-order valence-corrected chi connectivity index (χ4v) is 2.00. The van der Waals surface area contributed by atoms with Gasteiger partial charge in [-0.2, -0.15) is 15.0 Å². The van der Waals surface area contributed by atoms with Crippen molar-refractivity contribution in [3.63, 3.8) is 0 Å². The maximum Gasteiger partial charge on any atom is 0.232 e. The second-order valence-corrected chi connectivity index (χ2v) is 4.67. The van der Waals surface area contributed by atoms with Gasteiger partial charge in [-0.05, 0) is 24.6 Å². The summed E-state index contributed by atoms with van der Waals surface area (Å²) in [6, 6.07) is 9.85. The number of hydrogen-bond donors (Lipinski definition) is 1. The average molecular weight is 264 g/mol. The summed E-state index contributed by atoms with van der Waals surface area (Å²) in [5.41, 5.74) is 0.970. The van der Waals surface area contributed by atoms with Crippen LogP contribution in [0.1, 0.15) is 0 Å². The van der Waals surface area contributed by atoms with E-state index in [0.29, 0.717) is 5.95 Å². The molecule has 0 saturated carbocycles. The van der Waals surface area contributed by atoms with Crippen LogP contribution in [-0.4, -0.2) is 27.5 Å². The number of para-hydroxylation sites is 1. The number of anilines is 2. The lowest BCUT2D eigenvalue weighted by molar-refractivity contribution is 0.813. The molecule has 0 aliphatic rings. The zero-order valence-electron chi connectivity index (χ0n) is 9.54. The van der Waals surface area contributed by atoms with Crippen LogP contribution in [0.2, 0.25) is 0 Å². The van der Waals surface area contributed by atoms with Gasteiger partial charge in [0.15, 0.2) is 10.3 Å². The summed E-state index contributed by atoms with van der Waals surface area (Å²) in [5.74, 6) is 0.583. The third-order valence-corrected chi connectivity index (χ3v) is 3.08. The Morgan fingerprint density at radius 3 is 2.00 bits per heavy atom. The van der Waals surface area contributed by atoms with Crippen molar-refractivity contribution in [1.29, 1.82) is 0 Å². The fraction of sp³-hybridized carbons (Fsp3) is 0.182. The minimum absolute atomic E-state index is 0.583. The van der Waals surface area contributed by atoms with Gasteiger partial charge in [-0.25, -0.2) is 0 Å². The van der Waals surface area contributed by atoms with Gasteiger partial charge in [-0.15, -0.1) is 0 Å². The molecule has 0 saturated heterocycles. The molecule has 6 heteroatoms. The van der Waals surface area contributed by atoms with Crippen LogP contribution >= 0.6 is 23.5 Å².